The molecule has 112 valence electrons. The van der Waals surface area contributed by atoms with E-state index < -0.39 is 21.7 Å². The van der Waals surface area contributed by atoms with Crippen LogP contribution in [0.25, 0.3) is 0 Å². The number of anilines is 2. The Bertz CT molecular complexity index is 608. The van der Waals surface area contributed by atoms with E-state index in [9.17, 15) is 13.2 Å². The van der Waals surface area contributed by atoms with Crippen LogP contribution < -0.4 is 10.0 Å². The van der Waals surface area contributed by atoms with Crippen molar-refractivity contribution in [2.24, 2.45) is 0 Å². The van der Waals surface area contributed by atoms with Crippen molar-refractivity contribution in [2.45, 2.75) is 26.4 Å². The predicted octanol–water partition coefficient (Wildman–Crippen LogP) is 3.06. The van der Waals surface area contributed by atoms with Crippen LogP contribution in [-0.2, 0) is 14.8 Å². The van der Waals surface area contributed by atoms with Crippen molar-refractivity contribution in [3.63, 3.8) is 0 Å². The Morgan fingerprint density at radius 3 is 2.35 bits per heavy atom. The average molecular weight is 321 g/mol. The van der Waals surface area contributed by atoms with E-state index in [0.29, 0.717) is 5.69 Å². The normalized spacial score (nSPS) is 11.8. The highest BCUT2D eigenvalue weighted by molar-refractivity contribution is 7.92. The first kappa shape index (κ1) is 16.6. The quantitative estimate of drug-likeness (QED) is 0.896. The Hall–Kier alpha value is -1.47. The zero-order valence-corrected chi connectivity index (χ0v) is 13.2. The number of nitrogens with one attached hydrogen (secondary N) is 2. The number of benzene rings is 1. The maximum atomic E-state index is 11.6. The van der Waals surface area contributed by atoms with E-state index in [1.807, 2.05) is 0 Å². The lowest BCUT2D eigenvalue weighted by Gasteiger charge is -2.19. The van der Waals surface area contributed by atoms with Gasteiger partial charge >= 0.3 is 6.09 Å². The highest BCUT2D eigenvalue weighted by Crippen LogP contribution is 2.26. The molecule has 0 aliphatic rings. The molecule has 6 nitrogen and oxygen atoms in total. The number of amides is 1. The molecule has 0 aromatic heterocycles. The summed E-state index contributed by atoms with van der Waals surface area (Å²) in [5, 5.41) is 2.68. The van der Waals surface area contributed by atoms with Gasteiger partial charge in [-0.05, 0) is 39.0 Å². The largest absolute Gasteiger partial charge is 0.444 e. The molecular weight excluding hydrogens is 304 g/mol. The van der Waals surface area contributed by atoms with E-state index in [-0.39, 0.29) is 10.7 Å². The van der Waals surface area contributed by atoms with Gasteiger partial charge in [0.1, 0.15) is 5.60 Å². The van der Waals surface area contributed by atoms with E-state index in [4.69, 9.17) is 16.3 Å². The maximum Gasteiger partial charge on any atom is 0.412 e. The van der Waals surface area contributed by atoms with Crippen LogP contribution in [0.2, 0.25) is 5.02 Å². The van der Waals surface area contributed by atoms with Gasteiger partial charge in [-0.25, -0.2) is 13.2 Å². The Balaban J connectivity index is 2.80. The molecule has 0 spiro atoms. The fourth-order valence-corrected chi connectivity index (χ4v) is 2.16. The lowest BCUT2D eigenvalue weighted by atomic mass is 10.2. The summed E-state index contributed by atoms with van der Waals surface area (Å²) in [7, 11) is -3.41. The Morgan fingerprint density at radius 2 is 1.90 bits per heavy atom. The second kappa shape index (κ2) is 5.88. The molecule has 0 saturated carbocycles. The fourth-order valence-electron chi connectivity index (χ4n) is 1.30. The number of carbonyl (C=O) groups excluding carboxylic acids is 1. The van der Waals surface area contributed by atoms with E-state index in [1.54, 1.807) is 20.8 Å². The maximum absolute atomic E-state index is 11.6. The number of rotatable bonds is 3. The number of ether oxygens (including phenoxy) is 1. The predicted molar refractivity (Wildman–Crippen MR) is 79.8 cm³/mol. The summed E-state index contributed by atoms with van der Waals surface area (Å²) in [6, 6.07) is 4.40. The summed E-state index contributed by atoms with van der Waals surface area (Å²) in [6.07, 6.45) is 0.410. The van der Waals surface area contributed by atoms with Gasteiger partial charge in [0, 0.05) is 5.69 Å². The zero-order valence-electron chi connectivity index (χ0n) is 11.7. The second-order valence-electron chi connectivity index (χ2n) is 5.20. The van der Waals surface area contributed by atoms with Crippen LogP contribution in [0, 0.1) is 0 Å². The van der Waals surface area contributed by atoms with Gasteiger partial charge in [-0.1, -0.05) is 11.6 Å². The average Bonchev–Trinajstić information content (AvgIpc) is 2.17. The van der Waals surface area contributed by atoms with Crippen LogP contribution in [0.15, 0.2) is 18.2 Å². The number of hydrogen-bond donors (Lipinski definition) is 2. The molecule has 1 aromatic carbocycles. The summed E-state index contributed by atoms with van der Waals surface area (Å²) < 4.78 is 29.6. The lowest BCUT2D eigenvalue weighted by Crippen LogP contribution is -2.27. The van der Waals surface area contributed by atoms with Gasteiger partial charge in [-0.3, -0.25) is 10.0 Å². The SMILES string of the molecule is CC(C)(C)OC(=O)Nc1ccc(NS(C)(=O)=O)c(Cl)c1. The minimum Gasteiger partial charge on any atom is -0.444 e. The zero-order chi connectivity index (χ0) is 15.6. The first-order valence-corrected chi connectivity index (χ1v) is 8.00. The molecule has 1 aromatic rings. The van der Waals surface area contributed by atoms with E-state index in [1.165, 1.54) is 18.2 Å². The van der Waals surface area contributed by atoms with Crippen LogP contribution in [0.3, 0.4) is 0 Å². The van der Waals surface area contributed by atoms with Crippen molar-refractivity contribution >= 4 is 39.1 Å². The third-order valence-electron chi connectivity index (χ3n) is 1.91. The van der Waals surface area contributed by atoms with Gasteiger partial charge in [0.05, 0.1) is 17.0 Å². The van der Waals surface area contributed by atoms with Gasteiger partial charge in [0.2, 0.25) is 10.0 Å². The highest BCUT2D eigenvalue weighted by atomic mass is 35.5. The van der Waals surface area contributed by atoms with E-state index >= 15 is 0 Å². The van der Waals surface area contributed by atoms with Crippen molar-refractivity contribution in [3.05, 3.63) is 23.2 Å². The standard InChI is InChI=1S/C12H17ClN2O4S/c1-12(2,3)19-11(16)14-8-5-6-10(9(13)7-8)15-20(4,17)18/h5-7,15H,1-4H3,(H,14,16). The summed E-state index contributed by atoms with van der Waals surface area (Å²) in [5.74, 6) is 0. The van der Waals surface area contributed by atoms with Gasteiger partial charge in [-0.15, -0.1) is 0 Å². The molecule has 0 aliphatic heterocycles. The van der Waals surface area contributed by atoms with Crippen molar-refractivity contribution < 1.29 is 17.9 Å². The number of hydrogen-bond acceptors (Lipinski definition) is 4. The van der Waals surface area contributed by atoms with Crippen LogP contribution in [0.5, 0.6) is 0 Å². The molecule has 0 aliphatic carbocycles. The van der Waals surface area contributed by atoms with Crippen LogP contribution in [0.4, 0.5) is 16.2 Å². The van der Waals surface area contributed by atoms with Crippen molar-refractivity contribution in [3.8, 4) is 0 Å². The second-order valence-corrected chi connectivity index (χ2v) is 7.35. The Kier molecular flexibility index (Phi) is 4.88. The lowest BCUT2D eigenvalue weighted by molar-refractivity contribution is 0.0636. The van der Waals surface area contributed by atoms with Crippen LogP contribution in [0.1, 0.15) is 20.8 Å². The summed E-state index contributed by atoms with van der Waals surface area (Å²) in [6.45, 7) is 5.25. The molecule has 20 heavy (non-hydrogen) atoms. The highest BCUT2D eigenvalue weighted by Gasteiger charge is 2.16. The molecule has 0 heterocycles. The molecule has 0 unspecified atom stereocenters. The summed E-state index contributed by atoms with van der Waals surface area (Å²) in [5.41, 5.74) is 0.0401. The van der Waals surface area contributed by atoms with Crippen LogP contribution in [-0.4, -0.2) is 26.4 Å². The smallest absolute Gasteiger partial charge is 0.412 e. The Labute approximate surface area is 123 Å². The molecule has 2 N–H and O–H groups in total. The Morgan fingerprint density at radius 1 is 1.30 bits per heavy atom. The summed E-state index contributed by atoms with van der Waals surface area (Å²) in [4.78, 5) is 11.6. The molecule has 1 amide bonds. The summed E-state index contributed by atoms with van der Waals surface area (Å²) >= 11 is 5.93. The molecule has 0 radical (unpaired) electrons. The van der Waals surface area contributed by atoms with Gasteiger partial charge in [0.25, 0.3) is 0 Å². The van der Waals surface area contributed by atoms with Gasteiger partial charge in [0.15, 0.2) is 0 Å². The minimum absolute atomic E-state index is 0.170. The van der Waals surface area contributed by atoms with Crippen LogP contribution >= 0.6 is 11.6 Å². The van der Waals surface area contributed by atoms with Crippen molar-refractivity contribution in [1.29, 1.82) is 0 Å². The molecule has 0 atom stereocenters. The third kappa shape index (κ3) is 6.12. The topological polar surface area (TPSA) is 84.5 Å². The molecular formula is C12H17ClN2O4S. The molecule has 0 saturated heterocycles. The first-order chi connectivity index (χ1) is 8.96. The van der Waals surface area contributed by atoms with Gasteiger partial charge in [-0.2, -0.15) is 0 Å². The monoisotopic (exact) mass is 320 g/mol. The van der Waals surface area contributed by atoms with Crippen molar-refractivity contribution in [2.75, 3.05) is 16.3 Å². The van der Waals surface area contributed by atoms with E-state index in [0.717, 1.165) is 6.26 Å². The van der Waals surface area contributed by atoms with Crippen molar-refractivity contribution in [1.82, 2.24) is 0 Å². The fraction of sp³-hybridized carbons (Fsp3) is 0.417. The minimum atomic E-state index is -3.41. The third-order valence-corrected chi connectivity index (χ3v) is 2.81. The number of halogens is 1. The molecule has 8 heteroatoms. The molecule has 0 fully saturated rings. The van der Waals surface area contributed by atoms with Gasteiger partial charge < -0.3 is 4.74 Å². The van der Waals surface area contributed by atoms with E-state index in [2.05, 4.69) is 10.0 Å². The molecule has 1 rings (SSSR count). The first-order valence-electron chi connectivity index (χ1n) is 5.74. The number of carbonyl (C=O) groups is 1. The molecule has 0 bridgehead atoms. The number of sulfonamides is 1.